The molecule has 13 heavy (non-hydrogen) atoms. The fraction of sp³-hybridized carbons (Fsp3) is 0. The van der Waals surface area contributed by atoms with E-state index in [1.807, 2.05) is 5.43 Å². The van der Waals surface area contributed by atoms with Crippen molar-refractivity contribution in [3.05, 3.63) is 21.9 Å². The maximum Gasteiger partial charge on any atom is 0.275 e. The third-order valence-electron chi connectivity index (χ3n) is 1.22. The zero-order valence-corrected chi connectivity index (χ0v) is 7.35. The average molecular weight is 194 g/mol. The van der Waals surface area contributed by atoms with E-state index in [9.17, 15) is 9.59 Å². The second-order valence-corrected chi connectivity index (χ2v) is 3.11. The van der Waals surface area contributed by atoms with Crippen molar-refractivity contribution < 1.29 is 9.59 Å². The Hall–Kier alpha value is -1.64. The summed E-state index contributed by atoms with van der Waals surface area (Å²) in [5.41, 5.74) is 2.00. The Morgan fingerprint density at radius 3 is 3.00 bits per heavy atom. The van der Waals surface area contributed by atoms with Crippen LogP contribution in [0.15, 0.2) is 12.1 Å². The first-order chi connectivity index (χ1) is 6.27. The van der Waals surface area contributed by atoms with Gasteiger partial charge in [-0.1, -0.05) is 0 Å². The molecule has 0 atom stereocenters. The Bertz CT molecular complexity index is 386. The van der Waals surface area contributed by atoms with Crippen LogP contribution in [0.1, 0.15) is 14.5 Å². The zero-order chi connectivity index (χ0) is 9.68. The Balaban J connectivity index is 2.86. The number of hydrogen-bond donors (Lipinski definition) is 2. The van der Waals surface area contributed by atoms with E-state index in [4.69, 9.17) is 5.84 Å². The molecule has 1 aromatic rings. The minimum absolute atomic E-state index is 0.357. The number of aldehydes is 1. The van der Waals surface area contributed by atoms with Crippen LogP contribution in [0, 0.1) is 11.8 Å². The number of rotatable bonds is 1. The van der Waals surface area contributed by atoms with Crippen LogP contribution in [0.25, 0.3) is 0 Å². The lowest BCUT2D eigenvalue weighted by Crippen LogP contribution is -2.29. The van der Waals surface area contributed by atoms with Gasteiger partial charge < -0.3 is 0 Å². The van der Waals surface area contributed by atoms with Crippen LogP contribution in [-0.4, -0.2) is 12.2 Å². The van der Waals surface area contributed by atoms with Gasteiger partial charge in [0.15, 0.2) is 6.29 Å². The van der Waals surface area contributed by atoms with Crippen molar-refractivity contribution in [1.82, 2.24) is 5.43 Å². The van der Waals surface area contributed by atoms with E-state index in [0.717, 1.165) is 0 Å². The van der Waals surface area contributed by atoms with Crippen LogP contribution in [-0.2, 0) is 4.79 Å². The highest BCUT2D eigenvalue weighted by Crippen LogP contribution is 2.14. The van der Waals surface area contributed by atoms with Crippen LogP contribution in [0.2, 0.25) is 0 Å². The summed E-state index contributed by atoms with van der Waals surface area (Å²) in [5.74, 6) is 9.40. The lowest BCUT2D eigenvalue weighted by Gasteiger charge is -1.90. The highest BCUT2D eigenvalue weighted by atomic mass is 32.1. The largest absolute Gasteiger partial charge is 0.289 e. The lowest BCUT2D eigenvalue weighted by atomic mass is 10.4. The number of carbonyl (C=O) groups excluding carboxylic acids is 2. The minimum atomic E-state index is -0.357. The van der Waals surface area contributed by atoms with Crippen LogP contribution in [0.3, 0.4) is 0 Å². The van der Waals surface area contributed by atoms with E-state index >= 15 is 0 Å². The van der Waals surface area contributed by atoms with Crippen molar-refractivity contribution in [3.63, 3.8) is 0 Å². The van der Waals surface area contributed by atoms with Crippen molar-refractivity contribution in [2.75, 3.05) is 0 Å². The molecule has 1 heterocycles. The molecule has 0 aromatic carbocycles. The summed E-state index contributed by atoms with van der Waals surface area (Å²) in [5, 5.41) is 0. The van der Waals surface area contributed by atoms with Gasteiger partial charge in [0.25, 0.3) is 5.91 Å². The molecule has 0 aliphatic rings. The molecule has 4 nitrogen and oxygen atoms in total. The molecule has 0 aliphatic carbocycles. The Morgan fingerprint density at radius 2 is 2.38 bits per heavy atom. The molecule has 0 fully saturated rings. The number of hydrogen-bond acceptors (Lipinski definition) is 4. The molecule has 1 rings (SSSR count). The van der Waals surface area contributed by atoms with Gasteiger partial charge in [-0.15, -0.1) is 11.3 Å². The van der Waals surface area contributed by atoms with E-state index in [1.54, 1.807) is 12.1 Å². The molecule has 66 valence electrons. The molecule has 3 N–H and O–H groups in total. The molecule has 0 bridgehead atoms. The number of amides is 1. The van der Waals surface area contributed by atoms with Crippen molar-refractivity contribution in [2.24, 2.45) is 5.84 Å². The Morgan fingerprint density at radius 1 is 1.62 bits per heavy atom. The van der Waals surface area contributed by atoms with Crippen molar-refractivity contribution in [2.45, 2.75) is 0 Å². The number of hydrazine groups is 1. The first-order valence-corrected chi connectivity index (χ1v) is 4.15. The number of nitrogen functional groups attached to an aromatic ring is 1. The van der Waals surface area contributed by atoms with Crippen LogP contribution in [0.5, 0.6) is 0 Å². The standard InChI is InChI=1S/C8H6N2O2S/c9-10-8(12)7-4-3-6(13-7)2-1-5-11/h3-5H,9H2,(H,10,12). The molecule has 0 saturated carbocycles. The van der Waals surface area contributed by atoms with Crippen LogP contribution < -0.4 is 11.3 Å². The summed E-state index contributed by atoms with van der Waals surface area (Å²) in [6, 6.07) is 3.26. The number of thiophene rings is 1. The summed E-state index contributed by atoms with van der Waals surface area (Å²) in [7, 11) is 0. The fourth-order valence-electron chi connectivity index (χ4n) is 0.699. The predicted octanol–water partition coefficient (Wildman–Crippen LogP) is -0.0980. The van der Waals surface area contributed by atoms with Gasteiger partial charge in [0, 0.05) is 0 Å². The second kappa shape index (κ2) is 4.40. The molecule has 1 amide bonds. The predicted molar refractivity (Wildman–Crippen MR) is 48.9 cm³/mol. The molecule has 0 saturated heterocycles. The molecular weight excluding hydrogens is 188 g/mol. The van der Waals surface area contributed by atoms with E-state index in [1.165, 1.54) is 11.3 Å². The van der Waals surface area contributed by atoms with Gasteiger partial charge in [-0.05, 0) is 24.0 Å². The fourth-order valence-corrected chi connectivity index (χ4v) is 1.47. The van der Waals surface area contributed by atoms with Gasteiger partial charge in [0.2, 0.25) is 0 Å². The Labute approximate surface area is 78.7 Å². The summed E-state index contributed by atoms with van der Waals surface area (Å²) in [6.07, 6.45) is 0.502. The average Bonchev–Trinajstić information content (AvgIpc) is 2.62. The van der Waals surface area contributed by atoms with Crippen LogP contribution in [0.4, 0.5) is 0 Å². The van der Waals surface area contributed by atoms with Gasteiger partial charge in [-0.3, -0.25) is 15.0 Å². The molecule has 0 spiro atoms. The van der Waals surface area contributed by atoms with Crippen molar-refractivity contribution in [1.29, 1.82) is 0 Å². The first kappa shape index (κ1) is 9.45. The second-order valence-electron chi connectivity index (χ2n) is 2.02. The molecular formula is C8H6N2O2S. The van der Waals surface area contributed by atoms with Gasteiger partial charge >= 0.3 is 0 Å². The number of nitrogens with one attached hydrogen (secondary N) is 1. The smallest absolute Gasteiger partial charge is 0.275 e. The third-order valence-corrected chi connectivity index (χ3v) is 2.21. The van der Waals surface area contributed by atoms with Gasteiger partial charge in [-0.25, -0.2) is 5.84 Å². The summed E-state index contributed by atoms with van der Waals surface area (Å²) in [6.45, 7) is 0. The number of nitrogens with two attached hydrogens (primary N) is 1. The maximum atomic E-state index is 11.0. The third kappa shape index (κ3) is 2.40. The van der Waals surface area contributed by atoms with Crippen molar-refractivity contribution >= 4 is 23.5 Å². The lowest BCUT2D eigenvalue weighted by molar-refractivity contribution is -0.103. The molecule has 0 unspecified atom stereocenters. The van der Waals surface area contributed by atoms with Gasteiger partial charge in [0.1, 0.15) is 0 Å². The summed E-state index contributed by atoms with van der Waals surface area (Å²) in [4.78, 5) is 22.0. The van der Waals surface area contributed by atoms with Crippen molar-refractivity contribution in [3.8, 4) is 11.8 Å². The van der Waals surface area contributed by atoms with E-state index in [0.29, 0.717) is 16.0 Å². The van der Waals surface area contributed by atoms with Gasteiger partial charge in [-0.2, -0.15) is 0 Å². The SMILES string of the molecule is NNC(=O)c1ccc(C#CC=O)s1. The topological polar surface area (TPSA) is 72.2 Å². The maximum absolute atomic E-state index is 11.0. The van der Waals surface area contributed by atoms with E-state index in [-0.39, 0.29) is 5.91 Å². The van der Waals surface area contributed by atoms with E-state index in [2.05, 4.69) is 11.8 Å². The molecule has 0 aliphatic heterocycles. The molecule has 5 heteroatoms. The molecule has 0 radical (unpaired) electrons. The van der Waals surface area contributed by atoms with Crippen LogP contribution >= 0.6 is 11.3 Å². The summed E-state index contributed by atoms with van der Waals surface area (Å²) >= 11 is 1.18. The van der Waals surface area contributed by atoms with Gasteiger partial charge in [0.05, 0.1) is 9.75 Å². The monoisotopic (exact) mass is 194 g/mol. The zero-order valence-electron chi connectivity index (χ0n) is 6.53. The normalized spacial score (nSPS) is 8.38. The number of carbonyl (C=O) groups is 2. The Kier molecular flexibility index (Phi) is 3.20. The summed E-state index contributed by atoms with van der Waals surface area (Å²) < 4.78 is 0. The highest BCUT2D eigenvalue weighted by Gasteiger charge is 2.05. The minimum Gasteiger partial charge on any atom is -0.289 e. The first-order valence-electron chi connectivity index (χ1n) is 3.34. The van der Waals surface area contributed by atoms with E-state index < -0.39 is 0 Å². The quantitative estimate of drug-likeness (QED) is 0.215. The highest BCUT2D eigenvalue weighted by molar-refractivity contribution is 7.14. The molecule has 1 aromatic heterocycles.